The first-order chi connectivity index (χ1) is 26.1. The van der Waals surface area contributed by atoms with Crippen molar-refractivity contribution in [3.63, 3.8) is 0 Å². The number of rotatable bonds is 6. The standard InChI is InChI=1S/C42H35N7O4S/c1-24(2)30-18-28(20-35-39(30)48(4)42(53)47(35)3)29-9-5-8-26-19-34(45-22-32(26)29)27-11-12-33(44-21-27)40(51)43-15-6-7-25-10-13-37-31(17-25)36(23-54-37)49-16-14-38(50)46-41(49)52/h5,8-13,17-24H,14-16H2,1-4H3,(H,43,51)(H,46,50,52). The molecule has 3 aromatic carbocycles. The number of nitrogens with zero attached hydrogens (tertiary/aromatic N) is 5. The molecule has 1 aliphatic rings. The van der Waals surface area contributed by atoms with Gasteiger partial charge in [0.2, 0.25) is 5.91 Å². The number of aromatic nitrogens is 4. The van der Waals surface area contributed by atoms with Crippen LogP contribution in [-0.4, -0.2) is 50.0 Å². The van der Waals surface area contributed by atoms with E-state index in [9.17, 15) is 19.2 Å². The summed E-state index contributed by atoms with van der Waals surface area (Å²) in [4.78, 5) is 60.5. The fourth-order valence-electron chi connectivity index (χ4n) is 7.00. The fraction of sp³-hybridized carbons (Fsp3) is 0.190. The molecule has 0 atom stereocenters. The number of fused-ring (bicyclic) bond motifs is 3. The Balaban J connectivity index is 0.968. The molecule has 0 saturated carbocycles. The largest absolute Gasteiger partial charge is 0.340 e. The summed E-state index contributed by atoms with van der Waals surface area (Å²) >= 11 is 1.52. The molecule has 4 amide bonds. The Kier molecular flexibility index (Phi) is 8.79. The van der Waals surface area contributed by atoms with Gasteiger partial charge in [-0.15, -0.1) is 11.3 Å². The molecule has 54 heavy (non-hydrogen) atoms. The van der Waals surface area contributed by atoms with E-state index in [-0.39, 0.29) is 42.1 Å². The van der Waals surface area contributed by atoms with Crippen LogP contribution in [0.3, 0.4) is 0 Å². The van der Waals surface area contributed by atoms with Crippen LogP contribution >= 0.6 is 11.3 Å². The van der Waals surface area contributed by atoms with Crippen molar-refractivity contribution in [1.29, 1.82) is 0 Å². The minimum atomic E-state index is -0.427. The van der Waals surface area contributed by atoms with E-state index in [2.05, 4.69) is 59.5 Å². The van der Waals surface area contributed by atoms with Gasteiger partial charge in [-0.2, -0.15) is 0 Å². The molecule has 1 fully saturated rings. The van der Waals surface area contributed by atoms with Gasteiger partial charge in [0, 0.05) is 71.4 Å². The van der Waals surface area contributed by atoms with Crippen molar-refractivity contribution in [3.05, 3.63) is 112 Å². The maximum Gasteiger partial charge on any atom is 0.328 e. The summed E-state index contributed by atoms with van der Waals surface area (Å²) in [5.41, 5.74) is 8.21. The number of urea groups is 1. The normalized spacial score (nSPS) is 13.1. The van der Waals surface area contributed by atoms with Gasteiger partial charge in [-0.25, -0.2) is 9.59 Å². The van der Waals surface area contributed by atoms with Gasteiger partial charge in [0.1, 0.15) is 5.69 Å². The van der Waals surface area contributed by atoms with Gasteiger partial charge in [0.05, 0.1) is 29.0 Å². The quantitative estimate of drug-likeness (QED) is 0.183. The zero-order valence-electron chi connectivity index (χ0n) is 30.1. The number of pyridine rings is 2. The molecule has 11 nitrogen and oxygen atoms in total. The van der Waals surface area contributed by atoms with Crippen molar-refractivity contribution in [1.82, 2.24) is 29.7 Å². The molecular weight excluding hydrogens is 699 g/mol. The summed E-state index contributed by atoms with van der Waals surface area (Å²) in [7, 11) is 3.63. The Hall–Kier alpha value is -6.58. The van der Waals surface area contributed by atoms with Crippen LogP contribution in [0.4, 0.5) is 10.5 Å². The van der Waals surface area contributed by atoms with E-state index in [1.807, 2.05) is 68.1 Å². The minimum absolute atomic E-state index is 0.0506. The van der Waals surface area contributed by atoms with Crippen LogP contribution in [0.25, 0.3) is 54.3 Å². The average Bonchev–Trinajstić information content (AvgIpc) is 3.69. The Morgan fingerprint density at radius 2 is 1.80 bits per heavy atom. The lowest BCUT2D eigenvalue weighted by atomic mass is 9.93. The lowest BCUT2D eigenvalue weighted by Crippen LogP contribution is -2.49. The molecule has 0 bridgehead atoms. The lowest BCUT2D eigenvalue weighted by molar-refractivity contribution is -0.120. The zero-order valence-corrected chi connectivity index (χ0v) is 30.9. The molecule has 4 aromatic heterocycles. The van der Waals surface area contributed by atoms with Gasteiger partial charge in [-0.05, 0) is 76.5 Å². The van der Waals surface area contributed by atoms with E-state index in [4.69, 9.17) is 4.98 Å². The van der Waals surface area contributed by atoms with E-state index < -0.39 is 6.03 Å². The molecule has 268 valence electrons. The summed E-state index contributed by atoms with van der Waals surface area (Å²) in [6.45, 7) is 4.72. The highest BCUT2D eigenvalue weighted by molar-refractivity contribution is 7.17. The summed E-state index contributed by atoms with van der Waals surface area (Å²) in [5.74, 6) is 5.68. The highest BCUT2D eigenvalue weighted by Gasteiger charge is 2.26. The Morgan fingerprint density at radius 3 is 2.57 bits per heavy atom. The predicted octanol–water partition coefficient (Wildman–Crippen LogP) is 6.72. The zero-order chi connectivity index (χ0) is 37.7. The SMILES string of the molecule is CC(C)c1cc(-c2cccc3cc(-c4ccc(C(=O)NCC#Cc5ccc6scc(N7CCC(=O)NC7=O)c6c5)nc4)ncc23)cc2c1n(C)c(=O)n2C. The van der Waals surface area contributed by atoms with Gasteiger partial charge in [0.25, 0.3) is 5.91 Å². The molecule has 2 N–H and O–H groups in total. The molecule has 5 heterocycles. The second kappa shape index (κ2) is 13.8. The van der Waals surface area contributed by atoms with Crippen LogP contribution in [-0.2, 0) is 18.9 Å². The number of hydrogen-bond acceptors (Lipinski definition) is 7. The molecule has 0 unspecified atom stereocenters. The topological polar surface area (TPSA) is 131 Å². The van der Waals surface area contributed by atoms with Gasteiger partial charge in [-0.1, -0.05) is 43.9 Å². The number of anilines is 1. The number of imidazole rings is 1. The monoisotopic (exact) mass is 733 g/mol. The molecule has 12 heteroatoms. The van der Waals surface area contributed by atoms with Crippen LogP contribution in [0, 0.1) is 11.8 Å². The first-order valence-corrected chi connectivity index (χ1v) is 18.4. The van der Waals surface area contributed by atoms with E-state index in [0.29, 0.717) is 6.54 Å². The predicted molar refractivity (Wildman–Crippen MR) is 213 cm³/mol. The highest BCUT2D eigenvalue weighted by Crippen LogP contribution is 2.36. The van der Waals surface area contributed by atoms with Crippen LogP contribution in [0.5, 0.6) is 0 Å². The Morgan fingerprint density at radius 1 is 0.944 bits per heavy atom. The van der Waals surface area contributed by atoms with Gasteiger partial charge < -0.3 is 5.32 Å². The number of amides is 4. The number of benzene rings is 3. The van der Waals surface area contributed by atoms with Gasteiger partial charge >= 0.3 is 11.7 Å². The summed E-state index contributed by atoms with van der Waals surface area (Å²) in [6, 6.07) is 21.3. The smallest absolute Gasteiger partial charge is 0.328 e. The number of hydrogen-bond donors (Lipinski definition) is 2. The molecule has 7 aromatic rings. The molecular formula is C42H35N7O4S. The van der Waals surface area contributed by atoms with Crippen molar-refractivity contribution in [2.24, 2.45) is 14.1 Å². The maximum absolute atomic E-state index is 12.9. The van der Waals surface area contributed by atoms with E-state index >= 15 is 0 Å². The molecule has 8 rings (SSSR count). The summed E-state index contributed by atoms with van der Waals surface area (Å²) in [5, 5.41) is 9.96. The third-order valence-corrected chi connectivity index (χ3v) is 10.8. The minimum Gasteiger partial charge on any atom is -0.340 e. The Labute approximate surface area is 314 Å². The van der Waals surface area contributed by atoms with Crippen LogP contribution in [0.2, 0.25) is 0 Å². The van der Waals surface area contributed by atoms with Crippen molar-refractivity contribution in [2.45, 2.75) is 26.2 Å². The lowest BCUT2D eigenvalue weighted by Gasteiger charge is -2.26. The third kappa shape index (κ3) is 6.18. The van der Waals surface area contributed by atoms with Gasteiger partial charge in [0.15, 0.2) is 0 Å². The molecule has 0 spiro atoms. The number of carbonyl (C=O) groups excluding carboxylic acids is 3. The second-order valence-corrected chi connectivity index (χ2v) is 14.5. The number of nitrogens with one attached hydrogen (secondary N) is 2. The molecule has 0 aliphatic carbocycles. The molecule has 1 aliphatic heterocycles. The van der Waals surface area contributed by atoms with E-state index in [1.54, 1.807) is 26.3 Å². The average molecular weight is 734 g/mol. The van der Waals surface area contributed by atoms with Crippen molar-refractivity contribution >= 4 is 66.8 Å². The summed E-state index contributed by atoms with van der Waals surface area (Å²) in [6.07, 6.45) is 3.76. The van der Waals surface area contributed by atoms with Crippen LogP contribution in [0.1, 0.15) is 47.8 Å². The van der Waals surface area contributed by atoms with Gasteiger partial charge in [-0.3, -0.25) is 38.9 Å². The third-order valence-electron chi connectivity index (χ3n) is 9.85. The molecule has 0 radical (unpaired) electrons. The first-order valence-electron chi connectivity index (χ1n) is 17.5. The number of aryl methyl sites for hydroxylation is 2. The van der Waals surface area contributed by atoms with Crippen molar-refractivity contribution in [3.8, 4) is 34.2 Å². The van der Waals surface area contributed by atoms with Crippen molar-refractivity contribution < 1.29 is 14.4 Å². The highest BCUT2D eigenvalue weighted by atomic mass is 32.1. The molecule has 1 saturated heterocycles. The number of carbonyl (C=O) groups is 3. The maximum atomic E-state index is 12.9. The summed E-state index contributed by atoms with van der Waals surface area (Å²) < 4.78 is 4.42. The van der Waals surface area contributed by atoms with Crippen LogP contribution in [0.15, 0.2) is 89.3 Å². The Bertz CT molecular complexity index is 2800. The first kappa shape index (κ1) is 34.5. The van der Waals surface area contributed by atoms with E-state index in [1.165, 1.54) is 11.3 Å². The van der Waals surface area contributed by atoms with Crippen LogP contribution < -0.4 is 21.2 Å². The number of imide groups is 1. The second-order valence-electron chi connectivity index (χ2n) is 13.6. The van der Waals surface area contributed by atoms with Crippen molar-refractivity contribution in [2.75, 3.05) is 18.0 Å². The van der Waals surface area contributed by atoms with E-state index in [0.717, 1.165) is 71.1 Å². The fourth-order valence-corrected chi connectivity index (χ4v) is 7.93. The number of thiophene rings is 1.